The molecule has 1 aliphatic carbocycles. The highest BCUT2D eigenvalue weighted by atomic mass is 16.7. The van der Waals surface area contributed by atoms with Gasteiger partial charge in [-0.1, -0.05) is 5.16 Å². The van der Waals surface area contributed by atoms with Crippen molar-refractivity contribution in [3.05, 3.63) is 59.8 Å². The molecule has 1 fully saturated rings. The van der Waals surface area contributed by atoms with Crippen molar-refractivity contribution in [2.24, 2.45) is 0 Å². The van der Waals surface area contributed by atoms with Crippen molar-refractivity contribution in [3.63, 3.8) is 0 Å². The third-order valence-electron chi connectivity index (χ3n) is 5.39. The monoisotopic (exact) mass is 390 g/mol. The van der Waals surface area contributed by atoms with E-state index in [1.165, 1.54) is 6.92 Å². The van der Waals surface area contributed by atoms with Crippen molar-refractivity contribution in [2.45, 2.75) is 25.2 Å². The number of anilines is 1. The maximum atomic E-state index is 12.9. The van der Waals surface area contributed by atoms with E-state index in [0.29, 0.717) is 47.0 Å². The van der Waals surface area contributed by atoms with E-state index in [1.54, 1.807) is 24.3 Å². The Labute approximate surface area is 166 Å². The fourth-order valence-electron chi connectivity index (χ4n) is 3.45. The number of benzene rings is 2. The number of Topliss-reactive ketones (excluding diaryl/α,β-unsaturated/α-hetero) is 1. The Balaban J connectivity index is 1.35. The van der Waals surface area contributed by atoms with Crippen molar-refractivity contribution < 1.29 is 23.6 Å². The summed E-state index contributed by atoms with van der Waals surface area (Å²) in [6, 6.07) is 14.2. The Hall–Kier alpha value is -3.61. The zero-order chi connectivity index (χ0) is 20.0. The molecule has 1 saturated carbocycles. The number of nitrogens with one attached hydrogen (secondary N) is 1. The summed E-state index contributed by atoms with van der Waals surface area (Å²) in [5, 5.41) is 7.09. The maximum Gasteiger partial charge on any atom is 0.236 e. The van der Waals surface area contributed by atoms with Crippen molar-refractivity contribution >= 4 is 17.4 Å². The minimum Gasteiger partial charge on any atom is -0.454 e. The summed E-state index contributed by atoms with van der Waals surface area (Å²) < 4.78 is 16.2. The lowest BCUT2D eigenvalue weighted by Crippen LogP contribution is -2.28. The van der Waals surface area contributed by atoms with Crippen LogP contribution in [0.1, 0.15) is 35.8 Å². The lowest BCUT2D eigenvalue weighted by atomic mass is 10.00. The molecule has 3 aromatic rings. The smallest absolute Gasteiger partial charge is 0.236 e. The van der Waals surface area contributed by atoms with E-state index in [0.717, 1.165) is 5.56 Å². The van der Waals surface area contributed by atoms with Crippen LogP contribution >= 0.6 is 0 Å². The van der Waals surface area contributed by atoms with Gasteiger partial charge in [-0.3, -0.25) is 9.59 Å². The molecule has 0 saturated heterocycles. The Morgan fingerprint density at radius 3 is 2.48 bits per heavy atom. The number of aromatic nitrogens is 1. The average Bonchev–Trinajstić information content (AvgIpc) is 3.16. The fourth-order valence-corrected chi connectivity index (χ4v) is 3.45. The first-order valence-corrected chi connectivity index (χ1v) is 9.35. The average molecular weight is 390 g/mol. The zero-order valence-electron chi connectivity index (χ0n) is 15.7. The molecule has 7 nitrogen and oxygen atoms in total. The van der Waals surface area contributed by atoms with Gasteiger partial charge in [0.25, 0.3) is 0 Å². The second-order valence-corrected chi connectivity index (χ2v) is 7.31. The summed E-state index contributed by atoms with van der Waals surface area (Å²) in [7, 11) is 0. The van der Waals surface area contributed by atoms with Crippen LogP contribution in [-0.2, 0) is 10.2 Å². The van der Waals surface area contributed by atoms with Crippen molar-refractivity contribution in [3.8, 4) is 22.8 Å². The molecule has 0 bridgehead atoms. The number of fused-ring (bicyclic) bond motifs is 1. The first-order valence-electron chi connectivity index (χ1n) is 9.35. The Bertz CT molecular complexity index is 1110. The highest BCUT2D eigenvalue weighted by molar-refractivity contribution is 6.01. The van der Waals surface area contributed by atoms with Crippen LogP contribution in [0.25, 0.3) is 11.3 Å². The Morgan fingerprint density at radius 2 is 1.76 bits per heavy atom. The van der Waals surface area contributed by atoms with Crippen molar-refractivity contribution in [1.29, 1.82) is 0 Å². The molecule has 2 aliphatic rings. The van der Waals surface area contributed by atoms with Crippen LogP contribution in [0.15, 0.2) is 53.1 Å². The van der Waals surface area contributed by atoms with Crippen LogP contribution in [0.3, 0.4) is 0 Å². The molecule has 1 N–H and O–H groups in total. The van der Waals surface area contributed by atoms with E-state index in [4.69, 9.17) is 14.0 Å². The molecule has 2 aromatic carbocycles. The van der Waals surface area contributed by atoms with Crippen LogP contribution in [-0.4, -0.2) is 23.6 Å². The van der Waals surface area contributed by atoms with Crippen LogP contribution in [0.2, 0.25) is 0 Å². The van der Waals surface area contributed by atoms with Gasteiger partial charge in [0.05, 0.1) is 11.1 Å². The van der Waals surface area contributed by atoms with Gasteiger partial charge in [0, 0.05) is 22.9 Å². The molecule has 1 aliphatic heterocycles. The number of ether oxygens (including phenoxy) is 2. The predicted molar refractivity (Wildman–Crippen MR) is 104 cm³/mol. The summed E-state index contributed by atoms with van der Waals surface area (Å²) in [4.78, 5) is 24.3. The highest BCUT2D eigenvalue weighted by Gasteiger charge is 2.53. The van der Waals surface area contributed by atoms with Crippen LogP contribution in [0, 0.1) is 0 Å². The molecule has 29 heavy (non-hydrogen) atoms. The SMILES string of the molecule is CC(=O)c1ccc(NC(=O)C2(c3cc(-c4ccc5c(c4)OCO5)on3)CC2)cc1. The number of hydrogen-bond acceptors (Lipinski definition) is 6. The topological polar surface area (TPSA) is 90.7 Å². The first-order chi connectivity index (χ1) is 14.0. The van der Waals surface area contributed by atoms with Gasteiger partial charge < -0.3 is 19.3 Å². The minimum atomic E-state index is -0.683. The summed E-state index contributed by atoms with van der Waals surface area (Å²) in [6.07, 6.45) is 1.41. The number of rotatable bonds is 5. The van der Waals surface area contributed by atoms with E-state index in [1.807, 2.05) is 24.3 Å². The van der Waals surface area contributed by atoms with Gasteiger partial charge in [0.1, 0.15) is 0 Å². The molecule has 0 atom stereocenters. The molecule has 7 heteroatoms. The number of carbonyl (C=O) groups is 2. The standard InChI is InChI=1S/C22H18N2O5/c1-13(25)14-2-5-16(6-3-14)23-21(26)22(8-9-22)20-11-18(29-24-20)15-4-7-17-19(10-15)28-12-27-17/h2-7,10-11H,8-9,12H2,1H3,(H,23,26). The minimum absolute atomic E-state index is 0.0137. The molecule has 0 radical (unpaired) electrons. The number of nitrogens with zero attached hydrogens (tertiary/aromatic N) is 1. The molecular formula is C22H18N2O5. The molecular weight excluding hydrogens is 372 g/mol. The Morgan fingerprint density at radius 1 is 1.00 bits per heavy atom. The molecule has 5 rings (SSSR count). The molecule has 1 aromatic heterocycles. The fraction of sp³-hybridized carbons (Fsp3) is 0.227. The van der Waals surface area contributed by atoms with Crippen LogP contribution in [0.5, 0.6) is 11.5 Å². The van der Waals surface area contributed by atoms with Crippen LogP contribution in [0.4, 0.5) is 5.69 Å². The lowest BCUT2D eigenvalue weighted by molar-refractivity contribution is -0.118. The molecule has 1 amide bonds. The van der Waals surface area contributed by atoms with E-state index in [2.05, 4.69) is 10.5 Å². The van der Waals surface area contributed by atoms with Crippen molar-refractivity contribution in [1.82, 2.24) is 5.16 Å². The van der Waals surface area contributed by atoms with E-state index < -0.39 is 5.41 Å². The molecule has 2 heterocycles. The normalized spacial score (nSPS) is 15.8. The van der Waals surface area contributed by atoms with Gasteiger partial charge in [-0.05, 0) is 62.2 Å². The van der Waals surface area contributed by atoms with E-state index >= 15 is 0 Å². The first kappa shape index (κ1) is 17.5. The third-order valence-corrected chi connectivity index (χ3v) is 5.39. The molecule has 0 unspecified atom stereocenters. The van der Waals surface area contributed by atoms with Crippen LogP contribution < -0.4 is 14.8 Å². The second kappa shape index (κ2) is 6.48. The number of ketones is 1. The molecule has 146 valence electrons. The summed E-state index contributed by atoms with van der Waals surface area (Å²) in [5.41, 5.74) is 1.99. The maximum absolute atomic E-state index is 12.9. The highest BCUT2D eigenvalue weighted by Crippen LogP contribution is 2.49. The number of carbonyl (C=O) groups excluding carboxylic acids is 2. The van der Waals surface area contributed by atoms with Gasteiger partial charge >= 0.3 is 0 Å². The van der Waals surface area contributed by atoms with Gasteiger partial charge in [-0.15, -0.1) is 0 Å². The zero-order valence-corrected chi connectivity index (χ0v) is 15.7. The number of amides is 1. The van der Waals surface area contributed by atoms with Gasteiger partial charge in [-0.2, -0.15) is 0 Å². The Kier molecular flexibility index (Phi) is 3.91. The summed E-state index contributed by atoms with van der Waals surface area (Å²) in [5.74, 6) is 1.79. The van der Waals surface area contributed by atoms with E-state index in [9.17, 15) is 9.59 Å². The third kappa shape index (κ3) is 3.04. The predicted octanol–water partition coefficient (Wildman–Crippen LogP) is 3.94. The summed E-state index contributed by atoms with van der Waals surface area (Å²) >= 11 is 0. The summed E-state index contributed by atoms with van der Waals surface area (Å²) in [6.45, 7) is 1.71. The van der Waals surface area contributed by atoms with Gasteiger partial charge in [0.2, 0.25) is 12.7 Å². The lowest BCUT2D eigenvalue weighted by Gasteiger charge is -2.12. The largest absolute Gasteiger partial charge is 0.454 e. The quantitative estimate of drug-likeness (QED) is 0.664. The van der Waals surface area contributed by atoms with E-state index in [-0.39, 0.29) is 18.5 Å². The molecule has 0 spiro atoms. The van der Waals surface area contributed by atoms with Gasteiger partial charge in [0.15, 0.2) is 23.0 Å². The second-order valence-electron chi connectivity index (χ2n) is 7.31. The van der Waals surface area contributed by atoms with Gasteiger partial charge in [-0.25, -0.2) is 0 Å². The number of hydrogen-bond donors (Lipinski definition) is 1. The van der Waals surface area contributed by atoms with Crippen molar-refractivity contribution in [2.75, 3.05) is 12.1 Å².